The highest BCUT2D eigenvalue weighted by molar-refractivity contribution is 5.77. The molecule has 0 bridgehead atoms. The second kappa shape index (κ2) is 3.33. The fourth-order valence-electron chi connectivity index (χ4n) is 2.36. The van der Waals surface area contributed by atoms with E-state index in [2.05, 4.69) is 20.9 Å². The highest BCUT2D eigenvalue weighted by atomic mass is 16.1. The third-order valence-corrected chi connectivity index (χ3v) is 3.01. The molecular weight excluding hydrogens is 202 g/mol. The second-order valence-electron chi connectivity index (χ2n) is 4.15. The predicted octanol–water partition coefficient (Wildman–Crippen LogP) is 1.62. The molecule has 1 aromatic heterocycles. The lowest BCUT2D eigenvalue weighted by Crippen LogP contribution is -2.24. The van der Waals surface area contributed by atoms with Crippen LogP contribution in [0.5, 0.6) is 0 Å². The Balaban J connectivity index is 2.08. The highest BCUT2D eigenvalue weighted by Gasteiger charge is 2.26. The van der Waals surface area contributed by atoms with Gasteiger partial charge in [-0.05, 0) is 18.6 Å². The van der Waals surface area contributed by atoms with Crippen molar-refractivity contribution in [1.82, 2.24) is 14.9 Å². The highest BCUT2D eigenvalue weighted by Crippen LogP contribution is 2.29. The van der Waals surface area contributed by atoms with Gasteiger partial charge in [-0.3, -0.25) is 4.79 Å². The minimum atomic E-state index is 0.00510. The van der Waals surface area contributed by atoms with E-state index in [0.717, 1.165) is 29.8 Å². The van der Waals surface area contributed by atoms with E-state index < -0.39 is 0 Å². The van der Waals surface area contributed by atoms with Gasteiger partial charge in [-0.1, -0.05) is 12.1 Å². The molecule has 1 N–H and O–H groups in total. The van der Waals surface area contributed by atoms with Gasteiger partial charge in [0, 0.05) is 13.5 Å². The van der Waals surface area contributed by atoms with Crippen molar-refractivity contribution in [1.29, 1.82) is 0 Å². The van der Waals surface area contributed by atoms with Crippen LogP contribution < -0.4 is 5.32 Å². The van der Waals surface area contributed by atoms with Gasteiger partial charge in [0.05, 0.1) is 17.1 Å². The Morgan fingerprint density at radius 1 is 1.50 bits per heavy atom. The van der Waals surface area contributed by atoms with E-state index in [0.29, 0.717) is 0 Å². The van der Waals surface area contributed by atoms with Gasteiger partial charge in [0.15, 0.2) is 0 Å². The van der Waals surface area contributed by atoms with Crippen molar-refractivity contribution in [3.63, 3.8) is 0 Å². The Morgan fingerprint density at radius 2 is 2.31 bits per heavy atom. The summed E-state index contributed by atoms with van der Waals surface area (Å²) in [7, 11) is 0. The summed E-state index contributed by atoms with van der Waals surface area (Å²) in [5, 5.41) is 2.94. The summed E-state index contributed by atoms with van der Waals surface area (Å²) in [5.41, 5.74) is 2.16. The molecule has 3 rings (SSSR count). The number of imidazole rings is 1. The zero-order valence-electron chi connectivity index (χ0n) is 9.10. The number of nitrogens with one attached hydrogen (secondary N) is 1. The van der Waals surface area contributed by atoms with Crippen molar-refractivity contribution >= 4 is 16.9 Å². The summed E-state index contributed by atoms with van der Waals surface area (Å²) >= 11 is 0. The van der Waals surface area contributed by atoms with E-state index in [-0.39, 0.29) is 11.9 Å². The number of rotatable bonds is 1. The maximum absolute atomic E-state index is 11.1. The molecule has 2 aromatic rings. The van der Waals surface area contributed by atoms with E-state index in [1.165, 1.54) is 0 Å². The molecule has 0 saturated carbocycles. The first-order chi connectivity index (χ1) is 7.75. The number of carbonyl (C=O) groups is 1. The Hall–Kier alpha value is -1.84. The van der Waals surface area contributed by atoms with Crippen molar-refractivity contribution in [2.24, 2.45) is 0 Å². The van der Waals surface area contributed by atoms with Gasteiger partial charge in [0.25, 0.3) is 0 Å². The van der Waals surface area contributed by atoms with Crippen molar-refractivity contribution in [3.8, 4) is 0 Å². The first-order valence-corrected chi connectivity index (χ1v) is 5.48. The molecule has 0 saturated heterocycles. The van der Waals surface area contributed by atoms with E-state index in [4.69, 9.17) is 0 Å². The summed E-state index contributed by atoms with van der Waals surface area (Å²) in [6, 6.07) is 8.15. The largest absolute Gasteiger partial charge is 0.346 e. The van der Waals surface area contributed by atoms with Crippen LogP contribution >= 0.6 is 0 Å². The first kappa shape index (κ1) is 9.39. The van der Waals surface area contributed by atoms with Crippen molar-refractivity contribution < 1.29 is 4.79 Å². The molecule has 1 unspecified atom stereocenters. The summed E-state index contributed by atoms with van der Waals surface area (Å²) in [6.07, 6.45) is 0.937. The molecule has 0 aliphatic carbocycles. The lowest BCUT2D eigenvalue weighted by molar-refractivity contribution is -0.119. The average Bonchev–Trinajstić information content (AvgIpc) is 2.78. The minimum absolute atomic E-state index is 0.00510. The van der Waals surface area contributed by atoms with Gasteiger partial charge >= 0.3 is 0 Å². The number of para-hydroxylation sites is 2. The summed E-state index contributed by atoms with van der Waals surface area (Å²) < 4.78 is 2.19. The molecule has 1 aliphatic heterocycles. The Kier molecular flexibility index (Phi) is 1.96. The maximum atomic E-state index is 11.1. The minimum Gasteiger partial charge on any atom is -0.346 e. The SMILES string of the molecule is CC(=O)NC1CCn2c1nc1ccccc12. The monoisotopic (exact) mass is 215 g/mol. The molecule has 4 heteroatoms. The van der Waals surface area contributed by atoms with E-state index in [1.807, 2.05) is 18.2 Å². The fourth-order valence-corrected chi connectivity index (χ4v) is 2.36. The van der Waals surface area contributed by atoms with E-state index in [9.17, 15) is 4.79 Å². The number of nitrogens with zero attached hydrogens (tertiary/aromatic N) is 2. The van der Waals surface area contributed by atoms with E-state index in [1.54, 1.807) is 6.92 Å². The van der Waals surface area contributed by atoms with Crippen LogP contribution in [0.3, 0.4) is 0 Å². The smallest absolute Gasteiger partial charge is 0.217 e. The number of amides is 1. The first-order valence-electron chi connectivity index (χ1n) is 5.48. The Bertz CT molecular complexity index is 558. The molecule has 1 aliphatic rings. The Labute approximate surface area is 93.3 Å². The number of hydrogen-bond donors (Lipinski definition) is 1. The number of benzene rings is 1. The molecule has 1 amide bonds. The number of carbonyl (C=O) groups excluding carboxylic acids is 1. The molecular formula is C12H13N3O. The zero-order chi connectivity index (χ0) is 11.1. The molecule has 1 atom stereocenters. The molecule has 0 fully saturated rings. The van der Waals surface area contributed by atoms with Gasteiger partial charge < -0.3 is 9.88 Å². The summed E-state index contributed by atoms with van der Waals surface area (Å²) in [6.45, 7) is 2.48. The summed E-state index contributed by atoms with van der Waals surface area (Å²) in [4.78, 5) is 15.7. The second-order valence-corrected chi connectivity index (χ2v) is 4.15. The third-order valence-electron chi connectivity index (χ3n) is 3.01. The van der Waals surface area contributed by atoms with Crippen LogP contribution in [0.1, 0.15) is 25.2 Å². The van der Waals surface area contributed by atoms with Gasteiger partial charge in [-0.25, -0.2) is 4.98 Å². The van der Waals surface area contributed by atoms with Gasteiger partial charge in [-0.15, -0.1) is 0 Å². The zero-order valence-corrected chi connectivity index (χ0v) is 9.10. The van der Waals surface area contributed by atoms with Gasteiger partial charge in [-0.2, -0.15) is 0 Å². The number of fused-ring (bicyclic) bond motifs is 3. The van der Waals surface area contributed by atoms with Gasteiger partial charge in [0.2, 0.25) is 5.91 Å². The van der Waals surface area contributed by atoms with Crippen LogP contribution in [0.15, 0.2) is 24.3 Å². The molecule has 1 aromatic carbocycles. The van der Waals surface area contributed by atoms with Crippen LogP contribution in [0.4, 0.5) is 0 Å². The molecule has 0 spiro atoms. The van der Waals surface area contributed by atoms with Crippen LogP contribution in [0, 0.1) is 0 Å². The molecule has 0 radical (unpaired) electrons. The number of aromatic nitrogens is 2. The topological polar surface area (TPSA) is 46.9 Å². The van der Waals surface area contributed by atoms with E-state index >= 15 is 0 Å². The standard InChI is InChI=1S/C12H13N3O/c1-8(16)13-10-6-7-15-11-5-3-2-4-9(11)14-12(10)15/h2-5,10H,6-7H2,1H3,(H,13,16). The lowest BCUT2D eigenvalue weighted by atomic mass is 10.2. The van der Waals surface area contributed by atoms with Gasteiger partial charge in [0.1, 0.15) is 5.82 Å². The molecule has 4 nitrogen and oxygen atoms in total. The number of hydrogen-bond acceptors (Lipinski definition) is 2. The van der Waals surface area contributed by atoms with Crippen molar-refractivity contribution in [2.75, 3.05) is 0 Å². The van der Waals surface area contributed by atoms with Crippen LogP contribution in [0.25, 0.3) is 11.0 Å². The lowest BCUT2D eigenvalue weighted by Gasteiger charge is -2.07. The maximum Gasteiger partial charge on any atom is 0.217 e. The van der Waals surface area contributed by atoms with Crippen LogP contribution in [-0.2, 0) is 11.3 Å². The van der Waals surface area contributed by atoms with Crippen LogP contribution in [0.2, 0.25) is 0 Å². The van der Waals surface area contributed by atoms with Crippen molar-refractivity contribution in [3.05, 3.63) is 30.1 Å². The van der Waals surface area contributed by atoms with Crippen LogP contribution in [-0.4, -0.2) is 15.5 Å². The number of aryl methyl sites for hydroxylation is 1. The third kappa shape index (κ3) is 1.30. The molecule has 2 heterocycles. The molecule has 16 heavy (non-hydrogen) atoms. The molecule has 82 valence electrons. The fraction of sp³-hybridized carbons (Fsp3) is 0.333. The predicted molar refractivity (Wildman–Crippen MR) is 60.9 cm³/mol. The average molecular weight is 215 g/mol. The quantitative estimate of drug-likeness (QED) is 0.785. The summed E-state index contributed by atoms with van der Waals surface area (Å²) in [5.74, 6) is 0.988. The normalized spacial score (nSPS) is 18.7. The Morgan fingerprint density at radius 3 is 3.12 bits per heavy atom. The van der Waals surface area contributed by atoms with Crippen molar-refractivity contribution in [2.45, 2.75) is 25.9 Å².